The first-order valence-electron chi connectivity index (χ1n) is 5.22. The van der Waals surface area contributed by atoms with E-state index in [0.717, 1.165) is 27.3 Å². The fourth-order valence-electron chi connectivity index (χ4n) is 1.35. The monoisotopic (exact) mass is 357 g/mol. The molecule has 3 nitrogen and oxygen atoms in total. The van der Waals surface area contributed by atoms with Crippen LogP contribution in [-0.4, -0.2) is 27.0 Å². The maximum atomic E-state index is 12.0. The van der Waals surface area contributed by atoms with Crippen molar-refractivity contribution in [3.8, 4) is 0 Å². The summed E-state index contributed by atoms with van der Waals surface area (Å²) < 4.78 is 27.4. The first-order chi connectivity index (χ1) is 7.97. The van der Waals surface area contributed by atoms with E-state index in [1.165, 1.54) is 11.3 Å². The van der Waals surface area contributed by atoms with Crippen molar-refractivity contribution in [3.05, 3.63) is 14.7 Å². The Hall–Kier alpha value is 0.440. The lowest BCUT2D eigenvalue weighted by atomic mass is 10.3. The number of unbranched alkanes of at least 4 members (excludes halogenated alkanes) is 1. The first kappa shape index (κ1) is 15.5. The number of hydrogen-bond donors (Lipinski definition) is 1. The second kappa shape index (κ2) is 7.13. The van der Waals surface area contributed by atoms with E-state index >= 15 is 0 Å². The molecule has 0 aliphatic carbocycles. The SMILES string of the molecule is CSCCCCNS(=O)(=O)c1cc(Br)sc1C. The van der Waals surface area contributed by atoms with Crippen LogP contribution in [-0.2, 0) is 10.0 Å². The van der Waals surface area contributed by atoms with E-state index in [1.807, 2.05) is 6.92 Å². The molecule has 0 amide bonds. The van der Waals surface area contributed by atoms with Crippen LogP contribution in [0.3, 0.4) is 0 Å². The van der Waals surface area contributed by atoms with Crippen molar-refractivity contribution in [2.45, 2.75) is 24.7 Å². The minimum atomic E-state index is -3.33. The van der Waals surface area contributed by atoms with Gasteiger partial charge in [0.15, 0.2) is 0 Å². The van der Waals surface area contributed by atoms with Crippen molar-refractivity contribution >= 4 is 49.1 Å². The molecule has 7 heteroatoms. The van der Waals surface area contributed by atoms with Crippen molar-refractivity contribution in [2.24, 2.45) is 0 Å². The zero-order valence-corrected chi connectivity index (χ0v) is 13.9. The molecule has 0 saturated carbocycles. The molecule has 98 valence electrons. The van der Waals surface area contributed by atoms with Gasteiger partial charge in [-0.15, -0.1) is 11.3 Å². The summed E-state index contributed by atoms with van der Waals surface area (Å²) in [5.41, 5.74) is 0. The highest BCUT2D eigenvalue weighted by Gasteiger charge is 2.18. The smallest absolute Gasteiger partial charge is 0.211 e. The van der Waals surface area contributed by atoms with Gasteiger partial charge in [-0.3, -0.25) is 0 Å². The van der Waals surface area contributed by atoms with Crippen LogP contribution in [0, 0.1) is 6.92 Å². The molecule has 1 aromatic heterocycles. The van der Waals surface area contributed by atoms with Crippen LogP contribution in [0.4, 0.5) is 0 Å². The standard InChI is InChI=1S/C10H16BrNO2S3/c1-8-9(7-10(11)16-8)17(13,14)12-5-3-4-6-15-2/h7,12H,3-6H2,1-2H3. The number of hydrogen-bond acceptors (Lipinski definition) is 4. The summed E-state index contributed by atoms with van der Waals surface area (Å²) in [4.78, 5) is 1.20. The van der Waals surface area contributed by atoms with Gasteiger partial charge < -0.3 is 0 Å². The van der Waals surface area contributed by atoms with Crippen LogP contribution in [0.2, 0.25) is 0 Å². The lowest BCUT2D eigenvalue weighted by Crippen LogP contribution is -2.25. The second-order valence-electron chi connectivity index (χ2n) is 3.57. The van der Waals surface area contributed by atoms with E-state index < -0.39 is 10.0 Å². The number of rotatable bonds is 7. The second-order valence-corrected chi connectivity index (χ2v) is 8.93. The molecule has 1 N–H and O–H groups in total. The van der Waals surface area contributed by atoms with Crippen LogP contribution in [0.25, 0.3) is 0 Å². The molecular weight excluding hydrogens is 342 g/mol. The number of halogens is 1. The van der Waals surface area contributed by atoms with Crippen molar-refractivity contribution in [2.75, 3.05) is 18.6 Å². The quantitative estimate of drug-likeness (QED) is 0.761. The number of thioether (sulfide) groups is 1. The Labute approximate surface area is 120 Å². The molecular formula is C10H16BrNO2S3. The van der Waals surface area contributed by atoms with Gasteiger partial charge in [0.1, 0.15) is 0 Å². The van der Waals surface area contributed by atoms with Gasteiger partial charge in [0, 0.05) is 11.4 Å². The molecule has 0 spiro atoms. The number of thiophene rings is 1. The maximum absolute atomic E-state index is 12.0. The van der Waals surface area contributed by atoms with Crippen LogP contribution in [0.1, 0.15) is 17.7 Å². The normalized spacial score (nSPS) is 11.9. The van der Waals surface area contributed by atoms with E-state index in [9.17, 15) is 8.42 Å². The number of sulfonamides is 1. The molecule has 0 aliphatic heterocycles. The molecule has 0 radical (unpaired) electrons. The minimum Gasteiger partial charge on any atom is -0.211 e. The Morgan fingerprint density at radius 1 is 1.47 bits per heavy atom. The summed E-state index contributed by atoms with van der Waals surface area (Å²) in [6.45, 7) is 2.33. The van der Waals surface area contributed by atoms with Crippen LogP contribution >= 0.6 is 39.0 Å². The molecule has 0 atom stereocenters. The van der Waals surface area contributed by atoms with Crippen molar-refractivity contribution in [1.29, 1.82) is 0 Å². The molecule has 0 unspecified atom stereocenters. The Kier molecular flexibility index (Phi) is 6.50. The molecule has 1 aromatic rings. The third kappa shape index (κ3) is 4.90. The van der Waals surface area contributed by atoms with E-state index in [1.54, 1.807) is 17.8 Å². The zero-order chi connectivity index (χ0) is 12.9. The lowest BCUT2D eigenvalue weighted by Gasteiger charge is -2.05. The number of nitrogens with one attached hydrogen (secondary N) is 1. The summed E-state index contributed by atoms with van der Waals surface area (Å²) in [6.07, 6.45) is 3.97. The van der Waals surface area contributed by atoms with Crippen LogP contribution in [0.15, 0.2) is 14.7 Å². The van der Waals surface area contributed by atoms with Gasteiger partial charge in [0.25, 0.3) is 0 Å². The maximum Gasteiger partial charge on any atom is 0.241 e. The Morgan fingerprint density at radius 2 is 2.18 bits per heavy atom. The highest BCUT2D eigenvalue weighted by Crippen LogP contribution is 2.29. The predicted octanol–water partition coefficient (Wildman–Crippen LogP) is 3.24. The largest absolute Gasteiger partial charge is 0.241 e. The van der Waals surface area contributed by atoms with Gasteiger partial charge in [0.2, 0.25) is 10.0 Å². The van der Waals surface area contributed by atoms with E-state index in [4.69, 9.17) is 0 Å². The topological polar surface area (TPSA) is 46.2 Å². The van der Waals surface area contributed by atoms with Crippen molar-refractivity contribution in [3.63, 3.8) is 0 Å². The van der Waals surface area contributed by atoms with E-state index in [2.05, 4.69) is 26.9 Å². The van der Waals surface area contributed by atoms with Crippen LogP contribution in [0.5, 0.6) is 0 Å². The summed E-state index contributed by atoms with van der Waals surface area (Å²) in [6, 6.07) is 1.66. The minimum absolute atomic E-state index is 0.388. The van der Waals surface area contributed by atoms with Gasteiger partial charge >= 0.3 is 0 Å². The van der Waals surface area contributed by atoms with Gasteiger partial charge in [-0.1, -0.05) is 0 Å². The van der Waals surface area contributed by atoms with E-state index in [0.29, 0.717) is 11.4 Å². The fraction of sp³-hybridized carbons (Fsp3) is 0.600. The molecule has 0 bridgehead atoms. The number of aryl methyl sites for hydroxylation is 1. The molecule has 1 heterocycles. The van der Waals surface area contributed by atoms with Gasteiger partial charge in [-0.2, -0.15) is 11.8 Å². The summed E-state index contributed by atoms with van der Waals surface area (Å²) >= 11 is 6.52. The molecule has 0 fully saturated rings. The lowest BCUT2D eigenvalue weighted by molar-refractivity contribution is 0.578. The molecule has 0 aliphatic rings. The molecule has 0 aromatic carbocycles. The predicted molar refractivity (Wildman–Crippen MR) is 79.6 cm³/mol. The Bertz CT molecular complexity index is 456. The first-order valence-corrected chi connectivity index (χ1v) is 9.70. The average molecular weight is 358 g/mol. The Morgan fingerprint density at radius 3 is 2.71 bits per heavy atom. The van der Waals surface area contributed by atoms with E-state index in [-0.39, 0.29) is 0 Å². The van der Waals surface area contributed by atoms with Crippen molar-refractivity contribution < 1.29 is 8.42 Å². The third-order valence-corrected chi connectivity index (χ3v) is 6.17. The molecule has 17 heavy (non-hydrogen) atoms. The van der Waals surface area contributed by atoms with Gasteiger partial charge in [-0.25, -0.2) is 13.1 Å². The highest BCUT2D eigenvalue weighted by atomic mass is 79.9. The van der Waals surface area contributed by atoms with Gasteiger partial charge in [0.05, 0.1) is 8.68 Å². The fourth-order valence-corrected chi connectivity index (χ4v) is 5.33. The molecule has 0 saturated heterocycles. The molecule has 1 rings (SSSR count). The summed E-state index contributed by atoms with van der Waals surface area (Å²) in [7, 11) is -3.33. The highest BCUT2D eigenvalue weighted by molar-refractivity contribution is 9.11. The Balaban J connectivity index is 2.54. The third-order valence-electron chi connectivity index (χ3n) is 2.20. The zero-order valence-electron chi connectivity index (χ0n) is 9.82. The van der Waals surface area contributed by atoms with Crippen LogP contribution < -0.4 is 4.72 Å². The summed E-state index contributed by atoms with van der Waals surface area (Å²) in [5, 5.41) is 0. The van der Waals surface area contributed by atoms with Crippen molar-refractivity contribution in [1.82, 2.24) is 4.72 Å². The summed E-state index contributed by atoms with van der Waals surface area (Å²) in [5.74, 6) is 1.07. The van der Waals surface area contributed by atoms with Gasteiger partial charge in [-0.05, 0) is 53.8 Å². The average Bonchev–Trinajstić information content (AvgIpc) is 2.58.